The van der Waals surface area contributed by atoms with Crippen LogP contribution < -0.4 is 10.6 Å². The van der Waals surface area contributed by atoms with Gasteiger partial charge in [0, 0.05) is 30.7 Å². The normalized spacial score (nSPS) is 10.7. The molecule has 20 heavy (non-hydrogen) atoms. The molecule has 0 atom stereocenters. The van der Waals surface area contributed by atoms with Crippen LogP contribution in [0.25, 0.3) is 22.0 Å². The molecule has 0 aliphatic rings. The molecular formula is C17H17N3. The lowest BCUT2D eigenvalue weighted by molar-refractivity contribution is 1.08. The van der Waals surface area contributed by atoms with Gasteiger partial charge < -0.3 is 10.6 Å². The molecule has 0 radical (unpaired) electrons. The Morgan fingerprint density at radius 2 is 1.65 bits per heavy atom. The molecule has 0 saturated carbocycles. The van der Waals surface area contributed by atoms with Crippen LogP contribution in [0.2, 0.25) is 0 Å². The van der Waals surface area contributed by atoms with Crippen molar-refractivity contribution in [1.82, 2.24) is 4.98 Å². The molecule has 0 amide bonds. The second-order valence-corrected chi connectivity index (χ2v) is 5.07. The van der Waals surface area contributed by atoms with Gasteiger partial charge in [-0.1, -0.05) is 36.4 Å². The first-order valence-corrected chi connectivity index (χ1v) is 6.58. The summed E-state index contributed by atoms with van der Waals surface area (Å²) in [4.78, 5) is 6.83. The second kappa shape index (κ2) is 4.85. The van der Waals surface area contributed by atoms with E-state index in [0.29, 0.717) is 0 Å². The van der Waals surface area contributed by atoms with Crippen LogP contribution in [0.15, 0.2) is 54.6 Å². The summed E-state index contributed by atoms with van der Waals surface area (Å²) in [7, 11) is 4.03. The van der Waals surface area contributed by atoms with Gasteiger partial charge in [0.05, 0.1) is 5.69 Å². The van der Waals surface area contributed by atoms with E-state index in [9.17, 15) is 0 Å². The largest absolute Gasteiger partial charge is 0.399 e. The van der Waals surface area contributed by atoms with Gasteiger partial charge in [-0.2, -0.15) is 0 Å². The summed E-state index contributed by atoms with van der Waals surface area (Å²) >= 11 is 0. The van der Waals surface area contributed by atoms with E-state index in [-0.39, 0.29) is 0 Å². The summed E-state index contributed by atoms with van der Waals surface area (Å²) in [5.74, 6) is 0.981. The number of nitrogens with two attached hydrogens (primary N) is 1. The molecule has 2 N–H and O–H groups in total. The minimum atomic E-state index is 0.766. The molecule has 3 rings (SSSR count). The van der Waals surface area contributed by atoms with Gasteiger partial charge in [-0.15, -0.1) is 0 Å². The summed E-state index contributed by atoms with van der Waals surface area (Å²) in [6.07, 6.45) is 0. The highest BCUT2D eigenvalue weighted by Gasteiger charge is 2.08. The molecule has 0 bridgehead atoms. The number of anilines is 2. The minimum Gasteiger partial charge on any atom is -0.399 e. The summed E-state index contributed by atoms with van der Waals surface area (Å²) in [5.41, 5.74) is 8.55. The Morgan fingerprint density at radius 3 is 2.35 bits per heavy atom. The molecule has 0 aliphatic heterocycles. The third-order valence-electron chi connectivity index (χ3n) is 3.35. The second-order valence-electron chi connectivity index (χ2n) is 5.07. The average Bonchev–Trinajstić information content (AvgIpc) is 2.46. The lowest BCUT2D eigenvalue weighted by atomic mass is 10.1. The van der Waals surface area contributed by atoms with Gasteiger partial charge >= 0.3 is 0 Å². The summed E-state index contributed by atoms with van der Waals surface area (Å²) in [6, 6.07) is 18.2. The number of fused-ring (bicyclic) bond motifs is 1. The van der Waals surface area contributed by atoms with E-state index >= 15 is 0 Å². The van der Waals surface area contributed by atoms with Crippen molar-refractivity contribution in [2.75, 3.05) is 24.7 Å². The topological polar surface area (TPSA) is 42.2 Å². The molecule has 3 nitrogen and oxygen atoms in total. The van der Waals surface area contributed by atoms with Crippen LogP contribution in [-0.2, 0) is 0 Å². The number of aromatic nitrogens is 1. The van der Waals surface area contributed by atoms with Gasteiger partial charge in [0.25, 0.3) is 0 Å². The number of hydrogen-bond donors (Lipinski definition) is 1. The number of nitrogen functional groups attached to an aromatic ring is 1. The first-order valence-electron chi connectivity index (χ1n) is 6.58. The molecular weight excluding hydrogens is 246 g/mol. The van der Waals surface area contributed by atoms with E-state index < -0.39 is 0 Å². The van der Waals surface area contributed by atoms with Crippen LogP contribution in [0.1, 0.15) is 0 Å². The SMILES string of the molecule is CN(C)c1nc(-c2ccc(N)cc2)cc2ccccc12. The Balaban J connectivity index is 2.24. The monoisotopic (exact) mass is 263 g/mol. The molecule has 0 spiro atoms. The molecule has 1 aromatic heterocycles. The van der Waals surface area contributed by atoms with E-state index in [0.717, 1.165) is 28.1 Å². The van der Waals surface area contributed by atoms with Gasteiger partial charge in [-0.25, -0.2) is 4.98 Å². The summed E-state index contributed by atoms with van der Waals surface area (Å²) in [6.45, 7) is 0. The van der Waals surface area contributed by atoms with Crippen molar-refractivity contribution in [3.05, 3.63) is 54.6 Å². The summed E-state index contributed by atoms with van der Waals surface area (Å²) in [5, 5.41) is 2.36. The van der Waals surface area contributed by atoms with E-state index in [1.54, 1.807) is 0 Å². The smallest absolute Gasteiger partial charge is 0.136 e. The fourth-order valence-electron chi connectivity index (χ4n) is 2.32. The Kier molecular flexibility index (Phi) is 3.03. The molecule has 100 valence electrons. The maximum atomic E-state index is 5.74. The number of benzene rings is 2. The van der Waals surface area contributed by atoms with Crippen molar-refractivity contribution < 1.29 is 0 Å². The van der Waals surface area contributed by atoms with Gasteiger partial charge in [-0.3, -0.25) is 0 Å². The zero-order valence-corrected chi connectivity index (χ0v) is 11.7. The quantitative estimate of drug-likeness (QED) is 0.719. The van der Waals surface area contributed by atoms with Crippen molar-refractivity contribution in [2.24, 2.45) is 0 Å². The highest BCUT2D eigenvalue weighted by Crippen LogP contribution is 2.29. The number of pyridine rings is 1. The Labute approximate surface area is 118 Å². The highest BCUT2D eigenvalue weighted by molar-refractivity contribution is 5.94. The molecule has 0 fully saturated rings. The zero-order chi connectivity index (χ0) is 14.1. The van der Waals surface area contributed by atoms with Crippen LogP contribution in [0.4, 0.5) is 11.5 Å². The number of nitrogens with zero attached hydrogens (tertiary/aromatic N) is 2. The predicted molar refractivity (Wildman–Crippen MR) is 85.9 cm³/mol. The van der Waals surface area contributed by atoms with E-state index in [1.165, 1.54) is 5.39 Å². The van der Waals surface area contributed by atoms with Crippen molar-refractivity contribution in [3.63, 3.8) is 0 Å². The fraction of sp³-hybridized carbons (Fsp3) is 0.118. The van der Waals surface area contributed by atoms with Crippen molar-refractivity contribution in [2.45, 2.75) is 0 Å². The number of hydrogen-bond acceptors (Lipinski definition) is 3. The van der Waals surface area contributed by atoms with Crippen LogP contribution in [-0.4, -0.2) is 19.1 Å². The van der Waals surface area contributed by atoms with E-state index in [1.807, 2.05) is 49.3 Å². The van der Waals surface area contributed by atoms with Crippen LogP contribution in [0.5, 0.6) is 0 Å². The molecule has 3 heteroatoms. The van der Waals surface area contributed by atoms with E-state index in [2.05, 4.69) is 24.3 Å². The Morgan fingerprint density at radius 1 is 0.950 bits per heavy atom. The van der Waals surface area contributed by atoms with Crippen LogP contribution in [0.3, 0.4) is 0 Å². The lowest BCUT2D eigenvalue weighted by Gasteiger charge is -2.16. The van der Waals surface area contributed by atoms with Crippen LogP contribution >= 0.6 is 0 Å². The van der Waals surface area contributed by atoms with Crippen LogP contribution in [0, 0.1) is 0 Å². The maximum absolute atomic E-state index is 5.74. The highest BCUT2D eigenvalue weighted by atomic mass is 15.1. The Bertz CT molecular complexity index is 746. The fourth-order valence-corrected chi connectivity index (χ4v) is 2.32. The maximum Gasteiger partial charge on any atom is 0.136 e. The molecule has 3 aromatic rings. The number of rotatable bonds is 2. The molecule has 0 unspecified atom stereocenters. The van der Waals surface area contributed by atoms with Gasteiger partial charge in [0.1, 0.15) is 5.82 Å². The lowest BCUT2D eigenvalue weighted by Crippen LogP contribution is -2.11. The summed E-state index contributed by atoms with van der Waals surface area (Å²) < 4.78 is 0. The first-order chi connectivity index (χ1) is 9.65. The standard InChI is InChI=1S/C17H17N3/c1-20(2)17-15-6-4-3-5-13(15)11-16(19-17)12-7-9-14(18)10-8-12/h3-11H,18H2,1-2H3. The van der Waals surface area contributed by atoms with Crippen molar-refractivity contribution >= 4 is 22.3 Å². The third kappa shape index (κ3) is 2.18. The van der Waals surface area contributed by atoms with Gasteiger partial charge in [0.2, 0.25) is 0 Å². The molecule has 2 aromatic carbocycles. The molecule has 1 heterocycles. The molecule has 0 aliphatic carbocycles. The molecule has 0 saturated heterocycles. The van der Waals surface area contributed by atoms with Gasteiger partial charge in [-0.05, 0) is 23.6 Å². The zero-order valence-electron chi connectivity index (χ0n) is 11.7. The third-order valence-corrected chi connectivity index (χ3v) is 3.35. The average molecular weight is 263 g/mol. The van der Waals surface area contributed by atoms with Crippen molar-refractivity contribution in [1.29, 1.82) is 0 Å². The van der Waals surface area contributed by atoms with Gasteiger partial charge in [0.15, 0.2) is 0 Å². The minimum absolute atomic E-state index is 0.766. The Hall–Kier alpha value is -2.55. The van der Waals surface area contributed by atoms with Crippen molar-refractivity contribution in [3.8, 4) is 11.3 Å². The van der Waals surface area contributed by atoms with E-state index in [4.69, 9.17) is 10.7 Å². The first kappa shape index (κ1) is 12.5. The predicted octanol–water partition coefficient (Wildman–Crippen LogP) is 3.55.